The molecule has 10 nitrogen and oxygen atoms in total. The van der Waals surface area contributed by atoms with Gasteiger partial charge < -0.3 is 9.64 Å². The lowest BCUT2D eigenvalue weighted by molar-refractivity contribution is -0.274. The number of carbonyl (C=O) groups is 2. The Morgan fingerprint density at radius 1 is 1.13 bits per heavy atom. The fourth-order valence-corrected chi connectivity index (χ4v) is 2.48. The van der Waals surface area contributed by atoms with E-state index in [0.717, 1.165) is 12.1 Å². The van der Waals surface area contributed by atoms with Crippen LogP contribution in [0.3, 0.4) is 0 Å². The molecular weight excluding hydrogens is 419 g/mol. The van der Waals surface area contributed by atoms with E-state index in [9.17, 15) is 22.8 Å². The molecule has 0 fully saturated rings. The largest absolute Gasteiger partial charge is 0.573 e. The summed E-state index contributed by atoms with van der Waals surface area (Å²) in [5.41, 5.74) is 7.58. The smallest absolute Gasteiger partial charge is 0.406 e. The number of carbonyl (C=O) groups excluding carboxylic acids is 2. The SMILES string of the molecule is CN(C(=O)c1ncn(-c2ccc(OC(F)(F)F)cc2)n1)c1ccc(C(=O)N=[N+]=N)cc1. The fourth-order valence-electron chi connectivity index (χ4n) is 2.48. The predicted octanol–water partition coefficient (Wildman–Crippen LogP) is 3.13. The molecule has 0 unspecified atom stereocenters. The number of ether oxygens (including phenoxy) is 1. The number of rotatable bonds is 5. The Bertz CT molecular complexity index is 1150. The van der Waals surface area contributed by atoms with Crippen LogP contribution in [0.5, 0.6) is 5.75 Å². The molecule has 0 saturated heterocycles. The Morgan fingerprint density at radius 2 is 1.77 bits per heavy atom. The van der Waals surface area contributed by atoms with Crippen molar-refractivity contribution in [2.24, 2.45) is 5.11 Å². The maximum Gasteiger partial charge on any atom is 0.573 e. The van der Waals surface area contributed by atoms with Crippen LogP contribution in [0.4, 0.5) is 18.9 Å². The molecule has 3 aromatic rings. The summed E-state index contributed by atoms with van der Waals surface area (Å²) in [5, 5.41) is 7.14. The van der Waals surface area contributed by atoms with E-state index >= 15 is 0 Å². The first-order valence-electron chi connectivity index (χ1n) is 8.46. The van der Waals surface area contributed by atoms with Crippen molar-refractivity contribution in [2.45, 2.75) is 6.36 Å². The van der Waals surface area contributed by atoms with Gasteiger partial charge >= 0.3 is 12.3 Å². The lowest BCUT2D eigenvalue weighted by Gasteiger charge is -2.15. The van der Waals surface area contributed by atoms with Gasteiger partial charge in [-0.25, -0.2) is 9.67 Å². The van der Waals surface area contributed by atoms with Crippen LogP contribution in [0.2, 0.25) is 0 Å². The van der Waals surface area contributed by atoms with Crippen LogP contribution in [0.15, 0.2) is 60.0 Å². The number of benzene rings is 2. The minimum absolute atomic E-state index is 0.152. The standard InChI is InChI=1S/C18H13F3N7O3/c1-27(12-4-2-11(3-5-12)16(29)24-26-22)17(30)15-23-10-28(25-15)13-6-8-14(9-7-13)31-18(19,20)21/h2-10,22H,1H3/q+1. The number of nitrogens with one attached hydrogen (secondary N) is 1. The zero-order valence-electron chi connectivity index (χ0n) is 15.7. The lowest BCUT2D eigenvalue weighted by Crippen LogP contribution is -2.27. The van der Waals surface area contributed by atoms with Crippen molar-refractivity contribution in [1.29, 1.82) is 5.53 Å². The molecule has 3 rings (SSSR count). The molecule has 0 aliphatic carbocycles. The molecule has 0 atom stereocenters. The van der Waals surface area contributed by atoms with E-state index in [1.807, 2.05) is 0 Å². The quantitative estimate of drug-likeness (QED) is 0.489. The molecule has 158 valence electrons. The topological polar surface area (TPSA) is 128 Å². The minimum Gasteiger partial charge on any atom is -0.406 e. The van der Waals surface area contributed by atoms with Crippen LogP contribution < -0.4 is 14.5 Å². The monoisotopic (exact) mass is 432 g/mol. The molecule has 0 radical (unpaired) electrons. The fraction of sp³-hybridized carbons (Fsp3) is 0.111. The van der Waals surface area contributed by atoms with Crippen LogP contribution in [0, 0.1) is 5.53 Å². The van der Waals surface area contributed by atoms with Crippen molar-refractivity contribution in [3.05, 3.63) is 66.2 Å². The molecule has 1 aromatic heterocycles. The number of anilines is 1. The average Bonchev–Trinajstić information content (AvgIpc) is 3.22. The number of amides is 2. The number of hydrogen-bond acceptors (Lipinski definition) is 6. The van der Waals surface area contributed by atoms with Crippen molar-refractivity contribution >= 4 is 17.5 Å². The van der Waals surface area contributed by atoms with E-state index < -0.39 is 23.9 Å². The van der Waals surface area contributed by atoms with Gasteiger partial charge in [-0.2, -0.15) is 0 Å². The second-order valence-corrected chi connectivity index (χ2v) is 5.97. The number of halogens is 3. The predicted molar refractivity (Wildman–Crippen MR) is 98.8 cm³/mol. The van der Waals surface area contributed by atoms with E-state index in [4.69, 9.17) is 5.53 Å². The van der Waals surface area contributed by atoms with E-state index in [-0.39, 0.29) is 11.4 Å². The number of hydrogen-bond donors (Lipinski definition) is 1. The van der Waals surface area contributed by atoms with Gasteiger partial charge in [-0.05, 0) is 48.5 Å². The zero-order chi connectivity index (χ0) is 22.6. The second kappa shape index (κ2) is 8.55. The summed E-state index contributed by atoms with van der Waals surface area (Å²) in [5.74, 6) is -1.79. The summed E-state index contributed by atoms with van der Waals surface area (Å²) < 4.78 is 41.8. The molecule has 1 heterocycles. The Hall–Kier alpha value is -4.38. The molecule has 0 spiro atoms. The van der Waals surface area contributed by atoms with Crippen LogP contribution in [-0.2, 0) is 0 Å². The van der Waals surface area contributed by atoms with Crippen LogP contribution in [0.1, 0.15) is 21.0 Å². The van der Waals surface area contributed by atoms with Crippen LogP contribution >= 0.6 is 0 Å². The molecule has 0 saturated carbocycles. The number of nitrogens with zero attached hydrogens (tertiary/aromatic N) is 6. The van der Waals surface area contributed by atoms with Gasteiger partial charge in [0.15, 0.2) is 0 Å². The highest BCUT2D eigenvalue weighted by Gasteiger charge is 2.31. The third-order valence-corrected chi connectivity index (χ3v) is 3.96. The molecule has 0 aliphatic heterocycles. The Balaban J connectivity index is 1.73. The second-order valence-electron chi connectivity index (χ2n) is 5.97. The normalized spacial score (nSPS) is 10.8. The molecule has 2 aromatic carbocycles. The maximum absolute atomic E-state index is 12.6. The van der Waals surface area contributed by atoms with Gasteiger partial charge in [-0.3, -0.25) is 9.59 Å². The Morgan fingerprint density at radius 3 is 2.35 bits per heavy atom. The van der Waals surface area contributed by atoms with Gasteiger partial charge in [0, 0.05) is 18.3 Å². The average molecular weight is 432 g/mol. The highest BCUT2D eigenvalue weighted by atomic mass is 19.4. The summed E-state index contributed by atoms with van der Waals surface area (Å²) in [4.78, 5) is 32.1. The highest BCUT2D eigenvalue weighted by molar-refractivity contribution is 6.03. The molecule has 2 amide bonds. The molecule has 1 N–H and O–H groups in total. The summed E-state index contributed by atoms with van der Waals surface area (Å²) in [7, 11) is 1.48. The van der Waals surface area contributed by atoms with Crippen molar-refractivity contribution in [2.75, 3.05) is 11.9 Å². The zero-order valence-corrected chi connectivity index (χ0v) is 15.7. The first-order valence-corrected chi connectivity index (χ1v) is 8.46. The van der Waals surface area contributed by atoms with Crippen LogP contribution in [-0.4, -0.2) is 40.0 Å². The van der Waals surface area contributed by atoms with Gasteiger partial charge in [0.25, 0.3) is 5.91 Å². The van der Waals surface area contributed by atoms with E-state index in [0.29, 0.717) is 11.4 Å². The van der Waals surface area contributed by atoms with Gasteiger partial charge in [0.05, 0.1) is 5.69 Å². The summed E-state index contributed by atoms with van der Waals surface area (Å²) >= 11 is 0. The Kier molecular flexibility index (Phi) is 5.88. The van der Waals surface area contributed by atoms with Crippen molar-refractivity contribution in [1.82, 2.24) is 19.7 Å². The van der Waals surface area contributed by atoms with Crippen LogP contribution in [0.25, 0.3) is 5.69 Å². The van der Waals surface area contributed by atoms with Crippen molar-refractivity contribution in [3.8, 4) is 11.4 Å². The Labute approximate surface area is 172 Å². The first kappa shape index (κ1) is 21.3. The lowest BCUT2D eigenvalue weighted by atomic mass is 10.2. The summed E-state index contributed by atoms with van der Waals surface area (Å²) in [6.07, 6.45) is -3.55. The molecule has 0 bridgehead atoms. The number of aromatic nitrogens is 3. The molecular formula is C18H13F3N7O3+. The van der Waals surface area contributed by atoms with E-state index in [1.165, 1.54) is 59.4 Å². The van der Waals surface area contributed by atoms with Gasteiger partial charge in [0.2, 0.25) is 15.9 Å². The first-order chi connectivity index (χ1) is 14.7. The molecule has 13 heteroatoms. The summed E-state index contributed by atoms with van der Waals surface area (Å²) in [6.45, 7) is 0. The van der Waals surface area contributed by atoms with E-state index in [2.05, 4.69) is 24.8 Å². The molecule has 31 heavy (non-hydrogen) atoms. The van der Waals surface area contributed by atoms with Crippen molar-refractivity contribution < 1.29 is 27.5 Å². The summed E-state index contributed by atoms with van der Waals surface area (Å²) in [6, 6.07) is 10.7. The third kappa shape index (κ3) is 5.16. The van der Waals surface area contributed by atoms with E-state index in [1.54, 1.807) is 0 Å². The van der Waals surface area contributed by atoms with Gasteiger partial charge in [-0.1, -0.05) is 0 Å². The van der Waals surface area contributed by atoms with Gasteiger partial charge in [0.1, 0.15) is 17.6 Å². The highest BCUT2D eigenvalue weighted by Crippen LogP contribution is 2.23. The maximum atomic E-state index is 12.6. The third-order valence-electron chi connectivity index (χ3n) is 3.96. The van der Waals surface area contributed by atoms with Crippen molar-refractivity contribution in [3.63, 3.8) is 0 Å². The minimum atomic E-state index is -4.80. The molecule has 0 aliphatic rings. The van der Waals surface area contributed by atoms with Gasteiger partial charge in [-0.15, -0.1) is 18.3 Å². The number of alkyl halides is 3.